The van der Waals surface area contributed by atoms with Crippen molar-refractivity contribution in [2.24, 2.45) is 0 Å². The van der Waals surface area contributed by atoms with Crippen LogP contribution in [0, 0.1) is 0 Å². The quantitative estimate of drug-likeness (QED) is 0.309. The molecule has 0 bridgehead atoms. The van der Waals surface area contributed by atoms with E-state index in [4.69, 9.17) is 0 Å². The molecule has 7 heteroatoms. The molecule has 0 atom stereocenters. The molecule has 0 amide bonds. The van der Waals surface area contributed by atoms with E-state index in [0.717, 1.165) is 0 Å². The molecule has 0 aliphatic carbocycles. The second-order valence-corrected chi connectivity index (χ2v) is 66.8. The summed E-state index contributed by atoms with van der Waals surface area (Å²) in [5, 5.41) is 0. The molecule has 0 saturated carbocycles. The van der Waals surface area contributed by atoms with Crippen LogP contribution in [0.1, 0.15) is 0 Å². The summed E-state index contributed by atoms with van der Waals surface area (Å²) in [7, 11) is 8.75. The molecule has 0 saturated heterocycles. The van der Waals surface area contributed by atoms with Crippen LogP contribution in [0.5, 0.6) is 0 Å². The van der Waals surface area contributed by atoms with E-state index in [-0.39, 0.29) is 0 Å². The normalized spacial score (nSPS) is 8.00. The zero-order valence-corrected chi connectivity index (χ0v) is 14.8. The van der Waals surface area contributed by atoms with E-state index in [1.54, 1.807) is 0 Å². The molecule has 1 rings (SSSR count). The third-order valence-corrected chi connectivity index (χ3v) is 142. The van der Waals surface area contributed by atoms with Gasteiger partial charge < -0.3 is 0 Å². The fourth-order valence-corrected chi connectivity index (χ4v) is 301. The summed E-state index contributed by atoms with van der Waals surface area (Å²) < 4.78 is 0. The van der Waals surface area contributed by atoms with Gasteiger partial charge >= 0.3 is 75.3 Å². The minimum absolute atomic E-state index is 1.25. The van der Waals surface area contributed by atoms with Crippen molar-refractivity contribution < 1.29 is 0 Å². The molecule has 0 spiro atoms. The van der Waals surface area contributed by atoms with Gasteiger partial charge in [0.15, 0.2) is 0 Å². The van der Waals surface area contributed by atoms with Crippen molar-refractivity contribution in [3.8, 4) is 0 Å². The Morgan fingerprint density at radius 1 is 0.286 bits per heavy atom. The van der Waals surface area contributed by atoms with Gasteiger partial charge in [0.05, 0.1) is 0 Å². The van der Waals surface area contributed by atoms with Crippen LogP contribution < -0.4 is 0 Å². The Morgan fingerprint density at radius 2 is 0.429 bits per heavy atom. The zero-order valence-electron chi connectivity index (χ0n) is 2.86. The number of rotatable bonds is 0. The SMILES string of the molecule is [se]1[se][se][se][se][se][se]1. The Labute approximate surface area is 73.4 Å². The number of hydrogen-bond acceptors (Lipinski definition) is 0. The van der Waals surface area contributed by atoms with Crippen LogP contribution in [-0.4, -0.2) is 75.3 Å². The van der Waals surface area contributed by atoms with Gasteiger partial charge in [-0.05, 0) is 0 Å². The Hall–Kier alpha value is 3.64. The van der Waals surface area contributed by atoms with Crippen molar-refractivity contribution in [1.29, 1.82) is 0 Å². The average molecular weight is 553 g/mol. The molecule has 0 radical (unpaired) electrons. The van der Waals surface area contributed by atoms with Crippen LogP contribution in [-0.2, 0) is 0 Å². The molecule has 0 aliphatic rings. The minimum atomic E-state index is 1.25. The summed E-state index contributed by atoms with van der Waals surface area (Å²) >= 11 is 0. The summed E-state index contributed by atoms with van der Waals surface area (Å²) in [5.74, 6) is 0. The van der Waals surface area contributed by atoms with Crippen LogP contribution in [0.3, 0.4) is 0 Å². The van der Waals surface area contributed by atoms with Crippen molar-refractivity contribution in [2.75, 3.05) is 0 Å². The molecule has 0 aliphatic heterocycles. The maximum atomic E-state index is 1.25. The first-order valence-corrected chi connectivity index (χ1v) is 31.5. The van der Waals surface area contributed by atoms with Gasteiger partial charge in [0.2, 0.25) is 0 Å². The zero-order chi connectivity index (χ0) is 4.95. The van der Waals surface area contributed by atoms with Gasteiger partial charge in [0.1, 0.15) is 0 Å². The molecule has 1 heterocycles. The molecule has 1 aromatic rings. The summed E-state index contributed by atoms with van der Waals surface area (Å²) in [4.78, 5) is 0. The summed E-state index contributed by atoms with van der Waals surface area (Å²) in [5.41, 5.74) is 0. The molecule has 0 nitrogen and oxygen atoms in total. The first kappa shape index (κ1) is 8.73. The van der Waals surface area contributed by atoms with Crippen LogP contribution in [0.2, 0.25) is 0 Å². The maximum absolute atomic E-state index is 1.25. The molecule has 42 valence electrons. The molecule has 7 heavy (non-hydrogen) atoms. The molecular formula is Se7. The molecular weight excluding hydrogens is 553 g/mol. The molecule has 1 aromatic heterocycles. The van der Waals surface area contributed by atoms with Crippen molar-refractivity contribution in [1.82, 2.24) is 0 Å². The van der Waals surface area contributed by atoms with Gasteiger partial charge in [-0.25, -0.2) is 0 Å². The van der Waals surface area contributed by atoms with Gasteiger partial charge in [-0.15, -0.1) is 0 Å². The second kappa shape index (κ2) is 6.35. The van der Waals surface area contributed by atoms with Gasteiger partial charge in [0, 0.05) is 0 Å². The van der Waals surface area contributed by atoms with Crippen molar-refractivity contribution in [3.63, 3.8) is 0 Å². The van der Waals surface area contributed by atoms with Crippen molar-refractivity contribution in [2.45, 2.75) is 0 Å². The summed E-state index contributed by atoms with van der Waals surface area (Å²) in [6.45, 7) is 0. The van der Waals surface area contributed by atoms with Crippen LogP contribution in [0.25, 0.3) is 0 Å². The van der Waals surface area contributed by atoms with Crippen molar-refractivity contribution in [3.05, 3.63) is 0 Å². The first-order valence-electron chi connectivity index (χ1n) is 1.17. The molecule has 0 N–H and O–H groups in total. The standard InChI is InChI=1S/Se7/c1-2-4-6-7-5-3-1. The molecule has 0 unspecified atom stereocenters. The van der Waals surface area contributed by atoms with Gasteiger partial charge in [0.25, 0.3) is 0 Å². The van der Waals surface area contributed by atoms with E-state index >= 15 is 0 Å². The molecule has 0 aromatic carbocycles. The molecule has 0 fully saturated rings. The van der Waals surface area contributed by atoms with E-state index < -0.39 is 0 Å². The van der Waals surface area contributed by atoms with E-state index in [2.05, 4.69) is 0 Å². The van der Waals surface area contributed by atoms with E-state index in [1.807, 2.05) is 0 Å². The predicted octanol–water partition coefficient (Wildman–Crippen LogP) is -2.67. The Bertz CT molecular complexity index is 88.0. The fraction of sp³-hybridized carbons (Fsp3) is 0. The van der Waals surface area contributed by atoms with E-state index in [0.29, 0.717) is 0 Å². The van der Waals surface area contributed by atoms with Crippen LogP contribution in [0.15, 0.2) is 0 Å². The van der Waals surface area contributed by atoms with Crippen LogP contribution >= 0.6 is 0 Å². The summed E-state index contributed by atoms with van der Waals surface area (Å²) in [6, 6.07) is 0. The Balaban J connectivity index is 3.06. The Morgan fingerprint density at radius 3 is 0.571 bits per heavy atom. The fourth-order valence-electron chi connectivity index (χ4n) is 0.0794. The topological polar surface area (TPSA) is 0 Å². The van der Waals surface area contributed by atoms with Gasteiger partial charge in [-0.1, -0.05) is 0 Å². The van der Waals surface area contributed by atoms with Gasteiger partial charge in [-0.3, -0.25) is 0 Å². The van der Waals surface area contributed by atoms with E-state index in [1.165, 1.54) is 75.3 Å². The monoisotopic (exact) mass is 559 g/mol. The summed E-state index contributed by atoms with van der Waals surface area (Å²) in [6.07, 6.45) is 0. The second-order valence-electron chi connectivity index (χ2n) is 0.476. The average Bonchev–Trinajstić information content (AvgIpc) is 1.90. The third-order valence-electron chi connectivity index (χ3n) is 0.194. The first-order chi connectivity index (χ1) is 3.50. The third kappa shape index (κ3) is 4.97. The van der Waals surface area contributed by atoms with E-state index in [9.17, 15) is 0 Å². The van der Waals surface area contributed by atoms with Crippen LogP contribution in [0.4, 0.5) is 0 Å². The number of hydrogen-bond donors (Lipinski definition) is 0. The Kier molecular flexibility index (Phi) is 7.92. The predicted molar refractivity (Wildman–Crippen MR) is 40.3 cm³/mol. The van der Waals surface area contributed by atoms with Crippen molar-refractivity contribution >= 4 is 75.3 Å². The van der Waals surface area contributed by atoms with Gasteiger partial charge in [-0.2, -0.15) is 0 Å².